The van der Waals surface area contributed by atoms with E-state index < -0.39 is 0 Å². The van der Waals surface area contributed by atoms with Crippen LogP contribution in [0.2, 0.25) is 5.02 Å². The molecule has 0 bridgehead atoms. The van der Waals surface area contributed by atoms with Crippen LogP contribution in [0.15, 0.2) is 24.4 Å². The lowest BCUT2D eigenvalue weighted by Crippen LogP contribution is -2.23. The molecule has 3 rings (SSSR count). The van der Waals surface area contributed by atoms with Crippen molar-refractivity contribution >= 4 is 22.5 Å². The van der Waals surface area contributed by atoms with Crippen LogP contribution in [-0.4, -0.2) is 11.5 Å². The minimum absolute atomic E-state index is 0.786. The SMILES string of the molecule is CC1CCCC1CNCc1c[nH]c2cc(Cl)ccc12. The number of H-pyrrole nitrogens is 1. The van der Waals surface area contributed by atoms with E-state index in [9.17, 15) is 0 Å². The maximum atomic E-state index is 6.00. The summed E-state index contributed by atoms with van der Waals surface area (Å²) in [6, 6.07) is 6.04. The number of benzene rings is 1. The molecule has 2 unspecified atom stereocenters. The van der Waals surface area contributed by atoms with Crippen LogP contribution >= 0.6 is 11.6 Å². The fourth-order valence-electron chi connectivity index (χ4n) is 3.22. The summed E-state index contributed by atoms with van der Waals surface area (Å²) in [6.07, 6.45) is 6.28. The van der Waals surface area contributed by atoms with Gasteiger partial charge in [-0.1, -0.05) is 37.4 Å². The fraction of sp³-hybridized carbons (Fsp3) is 0.500. The zero-order chi connectivity index (χ0) is 13.2. The third-order valence-electron chi connectivity index (χ3n) is 4.49. The van der Waals surface area contributed by atoms with Gasteiger partial charge in [-0.05, 0) is 42.5 Å². The molecule has 1 aliphatic rings. The van der Waals surface area contributed by atoms with Gasteiger partial charge in [0.05, 0.1) is 0 Å². The van der Waals surface area contributed by atoms with Crippen molar-refractivity contribution in [1.82, 2.24) is 10.3 Å². The molecule has 2 N–H and O–H groups in total. The van der Waals surface area contributed by atoms with Gasteiger partial charge >= 0.3 is 0 Å². The Morgan fingerprint density at radius 1 is 1.37 bits per heavy atom. The average Bonchev–Trinajstić information content (AvgIpc) is 2.97. The molecule has 0 radical (unpaired) electrons. The van der Waals surface area contributed by atoms with Gasteiger partial charge in [-0.2, -0.15) is 0 Å². The quantitative estimate of drug-likeness (QED) is 0.854. The summed E-state index contributed by atoms with van der Waals surface area (Å²) in [5.41, 5.74) is 2.45. The summed E-state index contributed by atoms with van der Waals surface area (Å²) in [6.45, 7) is 4.46. The van der Waals surface area contributed by atoms with Crippen molar-refractivity contribution in [3.8, 4) is 0 Å². The van der Waals surface area contributed by atoms with Crippen LogP contribution in [0.25, 0.3) is 10.9 Å². The van der Waals surface area contributed by atoms with Crippen molar-refractivity contribution in [1.29, 1.82) is 0 Å². The summed E-state index contributed by atoms with van der Waals surface area (Å²) < 4.78 is 0. The lowest BCUT2D eigenvalue weighted by atomic mass is 9.98. The lowest BCUT2D eigenvalue weighted by molar-refractivity contribution is 0.392. The Kier molecular flexibility index (Phi) is 3.81. The van der Waals surface area contributed by atoms with Gasteiger partial charge in [0, 0.05) is 28.7 Å². The van der Waals surface area contributed by atoms with Gasteiger partial charge in [0.2, 0.25) is 0 Å². The summed E-state index contributed by atoms with van der Waals surface area (Å²) in [4.78, 5) is 3.29. The smallest absolute Gasteiger partial charge is 0.0472 e. The monoisotopic (exact) mass is 276 g/mol. The molecule has 3 heteroatoms. The highest BCUT2D eigenvalue weighted by Crippen LogP contribution is 2.30. The molecule has 102 valence electrons. The molecule has 1 heterocycles. The van der Waals surface area contributed by atoms with E-state index in [4.69, 9.17) is 11.6 Å². The second-order valence-corrected chi connectivity index (χ2v) is 6.24. The second-order valence-electron chi connectivity index (χ2n) is 5.80. The van der Waals surface area contributed by atoms with Crippen molar-refractivity contribution < 1.29 is 0 Å². The molecule has 0 amide bonds. The van der Waals surface area contributed by atoms with Crippen LogP contribution in [0.5, 0.6) is 0 Å². The first-order valence-electron chi connectivity index (χ1n) is 7.20. The van der Waals surface area contributed by atoms with Crippen LogP contribution < -0.4 is 5.32 Å². The number of aromatic nitrogens is 1. The zero-order valence-corrected chi connectivity index (χ0v) is 12.1. The van der Waals surface area contributed by atoms with Crippen molar-refractivity contribution in [3.05, 3.63) is 35.0 Å². The fourth-order valence-corrected chi connectivity index (χ4v) is 3.39. The number of hydrogen-bond donors (Lipinski definition) is 2. The van der Waals surface area contributed by atoms with Crippen molar-refractivity contribution in [2.24, 2.45) is 11.8 Å². The average molecular weight is 277 g/mol. The van der Waals surface area contributed by atoms with E-state index in [1.165, 1.54) is 30.2 Å². The van der Waals surface area contributed by atoms with Gasteiger partial charge in [0.15, 0.2) is 0 Å². The zero-order valence-electron chi connectivity index (χ0n) is 11.4. The second kappa shape index (κ2) is 5.56. The largest absolute Gasteiger partial charge is 0.361 e. The van der Waals surface area contributed by atoms with Crippen LogP contribution in [-0.2, 0) is 6.54 Å². The molecule has 2 atom stereocenters. The van der Waals surface area contributed by atoms with Crippen molar-refractivity contribution in [3.63, 3.8) is 0 Å². The topological polar surface area (TPSA) is 27.8 Å². The molecule has 1 fully saturated rings. The Labute approximate surface area is 119 Å². The summed E-state index contributed by atoms with van der Waals surface area (Å²) >= 11 is 6.00. The molecular formula is C16H21ClN2. The summed E-state index contributed by atoms with van der Waals surface area (Å²) in [7, 11) is 0. The Morgan fingerprint density at radius 3 is 3.05 bits per heavy atom. The Hall–Kier alpha value is -0.990. The third-order valence-corrected chi connectivity index (χ3v) is 4.73. The molecule has 1 aliphatic carbocycles. The molecule has 1 saturated carbocycles. The van der Waals surface area contributed by atoms with Gasteiger partial charge in [0.1, 0.15) is 0 Å². The van der Waals surface area contributed by atoms with Crippen LogP contribution in [0.3, 0.4) is 0 Å². The molecule has 2 aromatic rings. The number of rotatable bonds is 4. The van der Waals surface area contributed by atoms with E-state index in [1.54, 1.807) is 0 Å². The van der Waals surface area contributed by atoms with E-state index >= 15 is 0 Å². The van der Waals surface area contributed by atoms with Crippen molar-refractivity contribution in [2.75, 3.05) is 6.54 Å². The van der Waals surface area contributed by atoms with E-state index in [1.807, 2.05) is 12.1 Å². The molecule has 0 spiro atoms. The minimum atomic E-state index is 0.786. The maximum Gasteiger partial charge on any atom is 0.0472 e. The maximum absolute atomic E-state index is 6.00. The minimum Gasteiger partial charge on any atom is -0.361 e. The van der Waals surface area contributed by atoms with Gasteiger partial charge < -0.3 is 10.3 Å². The van der Waals surface area contributed by atoms with Gasteiger partial charge in [0.25, 0.3) is 0 Å². The van der Waals surface area contributed by atoms with Gasteiger partial charge in [-0.15, -0.1) is 0 Å². The normalized spacial score (nSPS) is 23.3. The van der Waals surface area contributed by atoms with Gasteiger partial charge in [-0.3, -0.25) is 0 Å². The Balaban J connectivity index is 1.62. The van der Waals surface area contributed by atoms with E-state index in [2.05, 4.69) is 29.5 Å². The van der Waals surface area contributed by atoms with E-state index in [0.717, 1.165) is 35.5 Å². The molecule has 1 aromatic heterocycles. The molecule has 0 aliphatic heterocycles. The highest BCUT2D eigenvalue weighted by Gasteiger charge is 2.22. The number of halogens is 1. The summed E-state index contributed by atoms with van der Waals surface area (Å²) in [5.74, 6) is 1.74. The number of fused-ring (bicyclic) bond motifs is 1. The first-order valence-corrected chi connectivity index (χ1v) is 7.58. The molecule has 0 saturated heterocycles. The highest BCUT2D eigenvalue weighted by molar-refractivity contribution is 6.31. The van der Waals surface area contributed by atoms with Crippen LogP contribution in [0, 0.1) is 11.8 Å². The Bertz CT molecular complexity index is 561. The standard InChI is InChI=1S/C16H21ClN2/c1-11-3-2-4-12(11)8-18-9-13-10-19-16-7-14(17)5-6-15(13)16/h5-7,10-12,18-19H,2-4,8-9H2,1H3. The van der Waals surface area contributed by atoms with Crippen molar-refractivity contribution in [2.45, 2.75) is 32.7 Å². The predicted octanol–water partition coefficient (Wildman–Crippen LogP) is 4.35. The Morgan fingerprint density at radius 2 is 2.26 bits per heavy atom. The molecule has 19 heavy (non-hydrogen) atoms. The number of nitrogens with one attached hydrogen (secondary N) is 2. The molecule has 1 aromatic carbocycles. The lowest BCUT2D eigenvalue weighted by Gasteiger charge is -2.15. The third kappa shape index (κ3) is 2.80. The van der Waals surface area contributed by atoms with E-state index in [-0.39, 0.29) is 0 Å². The summed E-state index contributed by atoms with van der Waals surface area (Å²) in [5, 5.41) is 5.67. The first kappa shape index (κ1) is 13.0. The highest BCUT2D eigenvalue weighted by atomic mass is 35.5. The molecule has 2 nitrogen and oxygen atoms in total. The van der Waals surface area contributed by atoms with Gasteiger partial charge in [-0.25, -0.2) is 0 Å². The molecular weight excluding hydrogens is 256 g/mol. The van der Waals surface area contributed by atoms with Crippen LogP contribution in [0.1, 0.15) is 31.7 Å². The number of hydrogen-bond acceptors (Lipinski definition) is 1. The number of aromatic amines is 1. The first-order chi connectivity index (χ1) is 9.24. The van der Waals surface area contributed by atoms with Crippen LogP contribution in [0.4, 0.5) is 0 Å². The predicted molar refractivity (Wildman–Crippen MR) is 81.5 cm³/mol. The van der Waals surface area contributed by atoms with E-state index in [0.29, 0.717) is 0 Å².